The summed E-state index contributed by atoms with van der Waals surface area (Å²) < 4.78 is 10.0. The molecule has 2 amide bonds. The van der Waals surface area contributed by atoms with Crippen LogP contribution in [-0.4, -0.2) is 38.0 Å². The normalized spacial score (nSPS) is 10.1. The summed E-state index contributed by atoms with van der Waals surface area (Å²) in [6, 6.07) is 12.4. The minimum atomic E-state index is -0.709. The summed E-state index contributed by atoms with van der Waals surface area (Å²) in [6.45, 7) is 3.11. The highest BCUT2D eigenvalue weighted by Crippen LogP contribution is 2.21. The van der Waals surface area contributed by atoms with Gasteiger partial charge in [0.05, 0.1) is 12.7 Å². The van der Waals surface area contributed by atoms with E-state index in [-0.39, 0.29) is 6.54 Å². The second-order valence-electron chi connectivity index (χ2n) is 6.05. The predicted octanol–water partition coefficient (Wildman–Crippen LogP) is 2.48. The summed E-state index contributed by atoms with van der Waals surface area (Å²) in [5, 5.41) is 5.22. The largest absolute Gasteiger partial charge is 0.496 e. The van der Waals surface area contributed by atoms with Crippen molar-refractivity contribution in [2.24, 2.45) is 0 Å². The van der Waals surface area contributed by atoms with Crippen LogP contribution < -0.4 is 15.4 Å². The van der Waals surface area contributed by atoms with E-state index in [1.54, 1.807) is 24.3 Å². The zero-order valence-electron chi connectivity index (χ0n) is 16.2. The van der Waals surface area contributed by atoms with Crippen LogP contribution in [0.25, 0.3) is 0 Å². The molecule has 2 N–H and O–H groups in total. The average Bonchev–Trinajstić information content (AvgIpc) is 2.71. The third-order valence-corrected chi connectivity index (χ3v) is 4.11. The van der Waals surface area contributed by atoms with Gasteiger partial charge in [-0.15, -0.1) is 0 Å². The number of esters is 1. The molecule has 7 nitrogen and oxygen atoms in total. The molecule has 0 heterocycles. The van der Waals surface area contributed by atoms with Crippen LogP contribution in [0.2, 0.25) is 0 Å². The van der Waals surface area contributed by atoms with Crippen molar-refractivity contribution in [3.63, 3.8) is 0 Å². The fourth-order valence-electron chi connectivity index (χ4n) is 2.65. The standard InChI is InChI=1S/C21H24N2O5/c1-4-15-9-7-8-14(2)20(15)23-18(24)13-28-19(25)12-22-21(26)16-10-5-6-11-17(16)27-3/h5-11H,4,12-13H2,1-3H3,(H,22,26)(H,23,24). The van der Waals surface area contributed by atoms with Crippen LogP contribution >= 0.6 is 0 Å². The molecule has 0 aliphatic heterocycles. The summed E-state index contributed by atoms with van der Waals surface area (Å²) in [5.74, 6) is -1.21. The maximum atomic E-state index is 12.1. The molecule has 0 radical (unpaired) electrons. The fraction of sp³-hybridized carbons (Fsp3) is 0.286. The third-order valence-electron chi connectivity index (χ3n) is 4.11. The number of para-hydroxylation sites is 2. The van der Waals surface area contributed by atoms with Crippen molar-refractivity contribution in [3.8, 4) is 5.75 Å². The first-order chi connectivity index (χ1) is 13.5. The number of benzene rings is 2. The Kier molecular flexibility index (Phi) is 7.56. The van der Waals surface area contributed by atoms with Gasteiger partial charge in [-0.25, -0.2) is 0 Å². The van der Waals surface area contributed by atoms with Crippen LogP contribution in [0.15, 0.2) is 42.5 Å². The lowest BCUT2D eigenvalue weighted by Gasteiger charge is -2.13. The van der Waals surface area contributed by atoms with Gasteiger partial charge in [0.15, 0.2) is 6.61 Å². The molecule has 28 heavy (non-hydrogen) atoms. The van der Waals surface area contributed by atoms with Crippen LogP contribution in [-0.2, 0) is 20.7 Å². The quantitative estimate of drug-likeness (QED) is 0.682. The van der Waals surface area contributed by atoms with Gasteiger partial charge in [0, 0.05) is 5.69 Å². The van der Waals surface area contributed by atoms with E-state index >= 15 is 0 Å². The van der Waals surface area contributed by atoms with E-state index in [4.69, 9.17) is 9.47 Å². The Hall–Kier alpha value is -3.35. The first-order valence-corrected chi connectivity index (χ1v) is 8.91. The molecule has 0 atom stereocenters. The summed E-state index contributed by atoms with van der Waals surface area (Å²) in [6.07, 6.45) is 0.770. The second kappa shape index (κ2) is 10.1. The van der Waals surface area contributed by atoms with Gasteiger partial charge in [-0.1, -0.05) is 37.3 Å². The summed E-state index contributed by atoms with van der Waals surface area (Å²) in [5.41, 5.74) is 2.98. The van der Waals surface area contributed by atoms with Gasteiger partial charge in [0.1, 0.15) is 12.3 Å². The topological polar surface area (TPSA) is 93.7 Å². The molecule has 0 saturated carbocycles. The molecule has 148 valence electrons. The van der Waals surface area contributed by atoms with Crippen LogP contribution in [0.5, 0.6) is 5.75 Å². The van der Waals surface area contributed by atoms with Crippen molar-refractivity contribution in [2.45, 2.75) is 20.3 Å². The third kappa shape index (κ3) is 5.57. The molecule has 0 saturated heterocycles. The maximum Gasteiger partial charge on any atom is 0.325 e. The molecule has 0 aliphatic carbocycles. The van der Waals surface area contributed by atoms with E-state index in [1.165, 1.54) is 7.11 Å². The van der Waals surface area contributed by atoms with Crippen molar-refractivity contribution in [1.82, 2.24) is 5.32 Å². The van der Waals surface area contributed by atoms with E-state index < -0.39 is 24.4 Å². The second-order valence-corrected chi connectivity index (χ2v) is 6.05. The molecular weight excluding hydrogens is 360 g/mol. The number of carbonyl (C=O) groups excluding carboxylic acids is 3. The Morgan fingerprint density at radius 1 is 1.04 bits per heavy atom. The Balaban J connectivity index is 1.83. The lowest BCUT2D eigenvalue weighted by atomic mass is 10.1. The van der Waals surface area contributed by atoms with Gasteiger partial charge in [0.2, 0.25) is 0 Å². The predicted molar refractivity (Wildman–Crippen MR) is 105 cm³/mol. The number of rotatable bonds is 8. The lowest BCUT2D eigenvalue weighted by Crippen LogP contribution is -2.32. The molecule has 0 aromatic heterocycles. The molecule has 2 aromatic rings. The minimum absolute atomic E-state index is 0.308. The number of aryl methyl sites for hydroxylation is 2. The number of amides is 2. The highest BCUT2D eigenvalue weighted by atomic mass is 16.5. The van der Waals surface area contributed by atoms with Crippen molar-refractivity contribution in [2.75, 3.05) is 25.6 Å². The average molecular weight is 384 g/mol. The van der Waals surface area contributed by atoms with Gasteiger partial charge in [-0.3, -0.25) is 14.4 Å². The number of hydrogen-bond acceptors (Lipinski definition) is 5. The molecule has 0 unspecified atom stereocenters. The lowest BCUT2D eigenvalue weighted by molar-refractivity contribution is -0.146. The van der Waals surface area contributed by atoms with Crippen molar-refractivity contribution in [1.29, 1.82) is 0 Å². The monoisotopic (exact) mass is 384 g/mol. The van der Waals surface area contributed by atoms with Gasteiger partial charge < -0.3 is 20.1 Å². The van der Waals surface area contributed by atoms with Crippen LogP contribution in [0.4, 0.5) is 5.69 Å². The molecule has 0 aliphatic rings. The summed E-state index contributed by atoms with van der Waals surface area (Å²) >= 11 is 0. The number of methoxy groups -OCH3 is 1. The SMILES string of the molecule is CCc1cccc(C)c1NC(=O)COC(=O)CNC(=O)c1ccccc1OC. The number of ether oxygens (including phenoxy) is 2. The van der Waals surface area contributed by atoms with E-state index in [9.17, 15) is 14.4 Å². The number of anilines is 1. The van der Waals surface area contributed by atoms with Crippen LogP contribution in [0.1, 0.15) is 28.4 Å². The zero-order valence-corrected chi connectivity index (χ0v) is 16.2. The molecule has 0 fully saturated rings. The number of hydrogen-bond donors (Lipinski definition) is 2. The molecule has 0 spiro atoms. The molecular formula is C21H24N2O5. The van der Waals surface area contributed by atoms with E-state index in [0.29, 0.717) is 11.3 Å². The van der Waals surface area contributed by atoms with E-state index in [1.807, 2.05) is 32.0 Å². The first kappa shape index (κ1) is 21.0. The van der Waals surface area contributed by atoms with Gasteiger partial charge in [-0.2, -0.15) is 0 Å². The minimum Gasteiger partial charge on any atom is -0.496 e. The molecule has 2 rings (SSSR count). The smallest absolute Gasteiger partial charge is 0.325 e. The Bertz CT molecular complexity index is 864. The molecule has 0 bridgehead atoms. The first-order valence-electron chi connectivity index (χ1n) is 8.91. The summed E-state index contributed by atoms with van der Waals surface area (Å²) in [7, 11) is 1.46. The van der Waals surface area contributed by atoms with Gasteiger partial charge >= 0.3 is 5.97 Å². The maximum absolute atomic E-state index is 12.1. The molecule has 7 heteroatoms. The highest BCUT2D eigenvalue weighted by molar-refractivity contribution is 5.98. The number of nitrogens with one attached hydrogen (secondary N) is 2. The number of carbonyl (C=O) groups is 3. The highest BCUT2D eigenvalue weighted by Gasteiger charge is 2.15. The molecule has 2 aromatic carbocycles. The van der Waals surface area contributed by atoms with Gasteiger partial charge in [0.25, 0.3) is 11.8 Å². The van der Waals surface area contributed by atoms with E-state index in [2.05, 4.69) is 10.6 Å². The Morgan fingerprint density at radius 3 is 2.50 bits per heavy atom. The zero-order chi connectivity index (χ0) is 20.5. The van der Waals surface area contributed by atoms with Crippen LogP contribution in [0, 0.1) is 6.92 Å². The van der Waals surface area contributed by atoms with Gasteiger partial charge in [-0.05, 0) is 36.6 Å². The van der Waals surface area contributed by atoms with Crippen molar-refractivity contribution in [3.05, 3.63) is 59.2 Å². The van der Waals surface area contributed by atoms with Crippen molar-refractivity contribution < 1.29 is 23.9 Å². The van der Waals surface area contributed by atoms with Crippen molar-refractivity contribution >= 4 is 23.5 Å². The van der Waals surface area contributed by atoms with E-state index in [0.717, 1.165) is 23.2 Å². The Morgan fingerprint density at radius 2 is 1.79 bits per heavy atom. The van der Waals surface area contributed by atoms with Crippen LogP contribution in [0.3, 0.4) is 0 Å². The summed E-state index contributed by atoms with van der Waals surface area (Å²) in [4.78, 5) is 36.1. The fourth-order valence-corrected chi connectivity index (χ4v) is 2.65. The Labute approximate surface area is 164 Å².